The quantitative estimate of drug-likeness (QED) is 0.389. The summed E-state index contributed by atoms with van der Waals surface area (Å²) < 4.78 is 6.12. The Morgan fingerprint density at radius 1 is 1.21 bits per heavy atom. The van der Waals surface area contributed by atoms with Gasteiger partial charge >= 0.3 is 0 Å². The maximum absolute atomic E-state index is 13.5. The number of hydrogen-bond acceptors (Lipinski definition) is 5. The molecule has 0 radical (unpaired) electrons. The average Bonchev–Trinajstić information content (AvgIpc) is 3.51. The number of fused-ring (bicyclic) bond motifs is 1. The van der Waals surface area contributed by atoms with Crippen molar-refractivity contribution in [1.82, 2.24) is 9.80 Å². The highest BCUT2D eigenvalue weighted by molar-refractivity contribution is 7.12. The molecule has 33 heavy (non-hydrogen) atoms. The second-order valence-electron chi connectivity index (χ2n) is 8.08. The molecule has 2 amide bonds. The SMILES string of the molecule is CCCN(CC(=O)N1CCc2sccc2[C@@H]1COc1ccc(Cl)c(C)c1)C(=O)c1cccs1. The van der Waals surface area contributed by atoms with Crippen molar-refractivity contribution in [3.63, 3.8) is 0 Å². The highest BCUT2D eigenvalue weighted by Gasteiger charge is 2.33. The van der Waals surface area contributed by atoms with Crippen LogP contribution in [0.1, 0.15) is 45.1 Å². The van der Waals surface area contributed by atoms with E-state index >= 15 is 0 Å². The van der Waals surface area contributed by atoms with Gasteiger partial charge in [-0.1, -0.05) is 24.6 Å². The van der Waals surface area contributed by atoms with Crippen molar-refractivity contribution in [3.05, 3.63) is 73.1 Å². The number of halogens is 1. The molecule has 0 unspecified atom stereocenters. The lowest BCUT2D eigenvalue weighted by Crippen LogP contribution is -2.48. The number of aryl methyl sites for hydroxylation is 1. The zero-order chi connectivity index (χ0) is 23.4. The zero-order valence-electron chi connectivity index (χ0n) is 18.8. The highest BCUT2D eigenvalue weighted by atomic mass is 35.5. The lowest BCUT2D eigenvalue weighted by molar-refractivity contribution is -0.135. The van der Waals surface area contributed by atoms with Gasteiger partial charge in [0.2, 0.25) is 5.91 Å². The van der Waals surface area contributed by atoms with E-state index in [-0.39, 0.29) is 24.4 Å². The van der Waals surface area contributed by atoms with Gasteiger partial charge in [-0.25, -0.2) is 0 Å². The normalized spacial score (nSPS) is 15.2. The van der Waals surface area contributed by atoms with E-state index in [2.05, 4.69) is 11.4 Å². The van der Waals surface area contributed by atoms with Gasteiger partial charge in [-0.15, -0.1) is 22.7 Å². The summed E-state index contributed by atoms with van der Waals surface area (Å²) in [5.74, 6) is 0.594. The van der Waals surface area contributed by atoms with E-state index in [4.69, 9.17) is 16.3 Å². The Hall–Kier alpha value is -2.35. The number of carbonyl (C=O) groups is 2. The standard InChI is InChI=1S/C25H27ClN2O3S2/c1-3-10-27(25(30)23-5-4-12-32-23)15-24(29)28-11-8-22-19(9-13-33-22)21(28)16-31-18-6-7-20(26)17(2)14-18/h4-7,9,12-14,21H,3,8,10-11,15-16H2,1-2H3/t21-/m0/s1. The molecule has 174 valence electrons. The minimum Gasteiger partial charge on any atom is -0.491 e. The number of benzene rings is 1. The van der Waals surface area contributed by atoms with Crippen LogP contribution in [-0.4, -0.2) is 47.9 Å². The predicted molar refractivity (Wildman–Crippen MR) is 135 cm³/mol. The molecular weight excluding hydrogens is 476 g/mol. The number of ether oxygens (including phenoxy) is 1. The van der Waals surface area contributed by atoms with Crippen molar-refractivity contribution in [2.75, 3.05) is 26.2 Å². The van der Waals surface area contributed by atoms with Crippen LogP contribution < -0.4 is 4.74 Å². The monoisotopic (exact) mass is 502 g/mol. The molecule has 0 spiro atoms. The molecule has 0 bridgehead atoms. The van der Waals surface area contributed by atoms with Crippen molar-refractivity contribution in [2.45, 2.75) is 32.7 Å². The molecule has 0 aliphatic carbocycles. The summed E-state index contributed by atoms with van der Waals surface area (Å²) in [5, 5.41) is 4.65. The molecule has 1 aliphatic rings. The summed E-state index contributed by atoms with van der Waals surface area (Å²) in [7, 11) is 0. The van der Waals surface area contributed by atoms with Crippen LogP contribution in [0.5, 0.6) is 5.75 Å². The Morgan fingerprint density at radius 2 is 2.06 bits per heavy atom. The van der Waals surface area contributed by atoms with Crippen molar-refractivity contribution in [2.24, 2.45) is 0 Å². The molecule has 8 heteroatoms. The molecule has 3 aromatic rings. The maximum atomic E-state index is 13.5. The number of nitrogens with zero attached hydrogens (tertiary/aromatic N) is 2. The lowest BCUT2D eigenvalue weighted by Gasteiger charge is -2.37. The molecule has 3 heterocycles. The van der Waals surface area contributed by atoms with Crippen molar-refractivity contribution < 1.29 is 14.3 Å². The van der Waals surface area contributed by atoms with Crippen LogP contribution in [0.15, 0.2) is 47.2 Å². The first-order valence-corrected chi connectivity index (χ1v) is 13.2. The Balaban J connectivity index is 1.51. The number of thiophene rings is 2. The molecule has 1 aromatic carbocycles. The van der Waals surface area contributed by atoms with Gasteiger partial charge in [-0.2, -0.15) is 0 Å². The number of amides is 2. The fourth-order valence-electron chi connectivity index (χ4n) is 4.09. The van der Waals surface area contributed by atoms with Crippen LogP contribution in [0.25, 0.3) is 0 Å². The second-order valence-corrected chi connectivity index (χ2v) is 10.4. The fourth-order valence-corrected chi connectivity index (χ4v) is 5.83. The third-order valence-corrected chi connectivity index (χ3v) is 8.07. The van der Waals surface area contributed by atoms with Crippen molar-refractivity contribution in [1.29, 1.82) is 0 Å². The zero-order valence-corrected chi connectivity index (χ0v) is 21.1. The molecular formula is C25H27ClN2O3S2. The van der Waals surface area contributed by atoms with Gasteiger partial charge in [0.1, 0.15) is 18.9 Å². The van der Waals surface area contributed by atoms with Gasteiger partial charge in [0, 0.05) is 23.0 Å². The molecule has 0 saturated carbocycles. The van der Waals surface area contributed by atoms with Crippen LogP contribution in [0.2, 0.25) is 5.02 Å². The van der Waals surface area contributed by atoms with E-state index in [1.165, 1.54) is 16.2 Å². The third-order valence-electron chi connectivity index (χ3n) is 5.79. The maximum Gasteiger partial charge on any atom is 0.264 e. The molecule has 0 fully saturated rings. The fraction of sp³-hybridized carbons (Fsp3) is 0.360. The van der Waals surface area contributed by atoms with Gasteiger partial charge in [0.15, 0.2) is 0 Å². The minimum atomic E-state index is -0.191. The second kappa shape index (κ2) is 10.7. The van der Waals surface area contributed by atoms with E-state index in [0.29, 0.717) is 29.6 Å². The van der Waals surface area contributed by atoms with E-state index in [1.807, 2.05) is 54.5 Å². The predicted octanol–water partition coefficient (Wildman–Crippen LogP) is 5.83. The van der Waals surface area contributed by atoms with E-state index < -0.39 is 0 Å². The van der Waals surface area contributed by atoms with E-state index in [9.17, 15) is 9.59 Å². The van der Waals surface area contributed by atoms with Gasteiger partial charge in [0.05, 0.1) is 10.9 Å². The molecule has 1 aliphatic heterocycles. The largest absolute Gasteiger partial charge is 0.491 e. The van der Waals surface area contributed by atoms with Crippen LogP contribution in [0.3, 0.4) is 0 Å². The first kappa shape index (κ1) is 23.8. The van der Waals surface area contributed by atoms with Crippen LogP contribution in [0, 0.1) is 6.92 Å². The first-order valence-electron chi connectivity index (χ1n) is 11.1. The van der Waals surface area contributed by atoms with E-state index in [1.54, 1.807) is 16.2 Å². The summed E-state index contributed by atoms with van der Waals surface area (Å²) in [6, 6.07) is 11.1. The Labute approximate surface area is 207 Å². The van der Waals surface area contributed by atoms with E-state index in [0.717, 1.165) is 29.7 Å². The topological polar surface area (TPSA) is 49.9 Å². The van der Waals surface area contributed by atoms with Gasteiger partial charge in [-0.05, 0) is 72.0 Å². The molecule has 4 rings (SSSR count). The number of hydrogen-bond donors (Lipinski definition) is 0. The van der Waals surface area contributed by atoms with Crippen molar-refractivity contribution >= 4 is 46.1 Å². The van der Waals surface area contributed by atoms with Gasteiger partial charge < -0.3 is 14.5 Å². The molecule has 5 nitrogen and oxygen atoms in total. The highest BCUT2D eigenvalue weighted by Crippen LogP contribution is 2.34. The summed E-state index contributed by atoms with van der Waals surface area (Å²) in [5.41, 5.74) is 2.08. The smallest absolute Gasteiger partial charge is 0.264 e. The third kappa shape index (κ3) is 5.42. The van der Waals surface area contributed by atoms with Crippen molar-refractivity contribution in [3.8, 4) is 5.75 Å². The van der Waals surface area contributed by atoms with Crippen LogP contribution in [0.4, 0.5) is 0 Å². The molecule has 0 N–H and O–H groups in total. The Morgan fingerprint density at radius 3 is 2.79 bits per heavy atom. The molecule has 1 atom stereocenters. The summed E-state index contributed by atoms with van der Waals surface area (Å²) in [6.07, 6.45) is 1.61. The Bertz CT molecular complexity index is 1110. The van der Waals surface area contributed by atoms with Gasteiger partial charge in [-0.3, -0.25) is 9.59 Å². The van der Waals surface area contributed by atoms with Crippen LogP contribution >= 0.6 is 34.3 Å². The summed E-state index contributed by atoms with van der Waals surface area (Å²) >= 11 is 9.27. The lowest BCUT2D eigenvalue weighted by atomic mass is 10.0. The Kier molecular flexibility index (Phi) is 7.73. The molecule has 2 aromatic heterocycles. The number of carbonyl (C=O) groups excluding carboxylic acids is 2. The average molecular weight is 503 g/mol. The van der Waals surface area contributed by atoms with Gasteiger partial charge in [0.25, 0.3) is 5.91 Å². The number of rotatable bonds is 8. The summed E-state index contributed by atoms with van der Waals surface area (Å²) in [4.78, 5) is 31.9. The minimum absolute atomic E-state index is 0.0499. The molecule has 0 saturated heterocycles. The van der Waals surface area contributed by atoms with Crippen LogP contribution in [-0.2, 0) is 11.2 Å². The first-order chi connectivity index (χ1) is 16.0. The summed E-state index contributed by atoms with van der Waals surface area (Å²) in [6.45, 7) is 5.54.